The normalized spacial score (nSPS) is 12.4. The van der Waals surface area contributed by atoms with E-state index in [1.165, 1.54) is 6.07 Å². The van der Waals surface area contributed by atoms with Crippen LogP contribution in [-0.4, -0.2) is 10.2 Å². The smallest absolute Gasteiger partial charge is 0.126 e. The summed E-state index contributed by atoms with van der Waals surface area (Å²) in [5.74, 6) is -0.155. The van der Waals surface area contributed by atoms with E-state index in [0.29, 0.717) is 17.5 Å². The van der Waals surface area contributed by atoms with Gasteiger partial charge in [0.2, 0.25) is 0 Å². The van der Waals surface area contributed by atoms with Crippen molar-refractivity contribution in [2.75, 3.05) is 0 Å². The number of aryl methyl sites for hydroxylation is 1. The highest BCUT2D eigenvalue weighted by Gasteiger charge is 2.10. The second-order valence-electron chi connectivity index (χ2n) is 4.40. The molecule has 2 aromatic carbocycles. The van der Waals surface area contributed by atoms with Crippen molar-refractivity contribution in [1.29, 1.82) is 0 Å². The van der Waals surface area contributed by atoms with E-state index in [1.807, 2.05) is 6.07 Å². The van der Waals surface area contributed by atoms with Gasteiger partial charge in [-0.2, -0.15) is 0 Å². The number of halogens is 1. The van der Waals surface area contributed by atoms with Crippen LogP contribution < -0.4 is 0 Å². The lowest BCUT2D eigenvalue weighted by molar-refractivity contribution is 0.178. The Balaban J connectivity index is 2.16. The van der Waals surface area contributed by atoms with Crippen molar-refractivity contribution >= 4 is 0 Å². The third kappa shape index (κ3) is 2.87. The summed E-state index contributed by atoms with van der Waals surface area (Å²) in [5.41, 5.74) is 1.91. The van der Waals surface area contributed by atoms with Crippen LogP contribution in [0.2, 0.25) is 0 Å². The molecule has 0 spiro atoms. The van der Waals surface area contributed by atoms with Crippen molar-refractivity contribution in [2.24, 2.45) is 0 Å². The molecule has 2 nitrogen and oxygen atoms in total. The summed E-state index contributed by atoms with van der Waals surface area (Å²) in [6.45, 7) is 1.68. The van der Waals surface area contributed by atoms with Crippen molar-refractivity contribution in [2.45, 2.75) is 19.4 Å². The van der Waals surface area contributed by atoms with E-state index in [0.717, 1.165) is 5.56 Å². The molecule has 3 heteroatoms. The predicted octanol–water partition coefficient (Wildman–Crippen LogP) is 3.12. The maximum atomic E-state index is 13.4. The Morgan fingerprint density at radius 3 is 2.61 bits per heavy atom. The summed E-state index contributed by atoms with van der Waals surface area (Å²) in [6.07, 6.45) is -0.432. The molecule has 0 bridgehead atoms. The summed E-state index contributed by atoms with van der Waals surface area (Å²) >= 11 is 0. The number of phenols is 1. The van der Waals surface area contributed by atoms with Crippen LogP contribution in [0.1, 0.15) is 22.8 Å². The molecule has 2 N–H and O–H groups in total. The average molecular weight is 246 g/mol. The minimum Gasteiger partial charge on any atom is -0.508 e. The highest BCUT2D eigenvalue weighted by molar-refractivity contribution is 5.30. The Bertz CT molecular complexity index is 552. The molecule has 18 heavy (non-hydrogen) atoms. The van der Waals surface area contributed by atoms with Gasteiger partial charge in [0.05, 0.1) is 6.10 Å². The molecule has 0 radical (unpaired) electrons. The van der Waals surface area contributed by atoms with Gasteiger partial charge in [-0.15, -0.1) is 0 Å². The molecule has 0 aliphatic heterocycles. The lowest BCUT2D eigenvalue weighted by atomic mass is 10.00. The number of aliphatic hydroxyl groups is 1. The minimum atomic E-state index is -0.776. The molecule has 0 heterocycles. The molecule has 2 rings (SSSR count). The van der Waals surface area contributed by atoms with E-state index in [2.05, 4.69) is 0 Å². The molecular formula is C15H15FO2. The summed E-state index contributed by atoms with van der Waals surface area (Å²) in [7, 11) is 0. The number of benzene rings is 2. The van der Waals surface area contributed by atoms with Gasteiger partial charge in [-0.3, -0.25) is 0 Å². The van der Waals surface area contributed by atoms with Crippen molar-refractivity contribution in [3.05, 3.63) is 65.0 Å². The van der Waals surface area contributed by atoms with Gasteiger partial charge < -0.3 is 10.2 Å². The van der Waals surface area contributed by atoms with Crippen LogP contribution in [0.25, 0.3) is 0 Å². The average Bonchev–Trinajstić information content (AvgIpc) is 2.32. The standard InChI is InChI=1S/C15H15FO2/c1-10-5-6-12(9-14(10)16)15(18)8-11-3-2-4-13(17)7-11/h2-7,9,15,17-18H,8H2,1H3. The number of rotatable bonds is 3. The first-order valence-corrected chi connectivity index (χ1v) is 5.78. The SMILES string of the molecule is Cc1ccc(C(O)Cc2cccc(O)c2)cc1F. The quantitative estimate of drug-likeness (QED) is 0.873. The Morgan fingerprint density at radius 2 is 1.94 bits per heavy atom. The fraction of sp³-hybridized carbons (Fsp3) is 0.200. The maximum absolute atomic E-state index is 13.4. The molecule has 94 valence electrons. The zero-order valence-electron chi connectivity index (χ0n) is 10.1. The van der Waals surface area contributed by atoms with Gasteiger partial charge in [0.1, 0.15) is 11.6 Å². The van der Waals surface area contributed by atoms with Crippen molar-refractivity contribution in [3.8, 4) is 5.75 Å². The lowest BCUT2D eigenvalue weighted by Crippen LogP contribution is -2.02. The van der Waals surface area contributed by atoms with Gasteiger partial charge in [-0.05, 0) is 41.8 Å². The van der Waals surface area contributed by atoms with Crippen molar-refractivity contribution < 1.29 is 14.6 Å². The van der Waals surface area contributed by atoms with Crippen molar-refractivity contribution in [3.63, 3.8) is 0 Å². The molecule has 1 unspecified atom stereocenters. The van der Waals surface area contributed by atoms with Gasteiger partial charge in [0.15, 0.2) is 0 Å². The number of hydrogen-bond donors (Lipinski definition) is 2. The second kappa shape index (κ2) is 5.19. The second-order valence-corrected chi connectivity index (χ2v) is 4.40. The van der Waals surface area contributed by atoms with Crippen LogP contribution in [0, 0.1) is 12.7 Å². The fourth-order valence-corrected chi connectivity index (χ4v) is 1.84. The van der Waals surface area contributed by atoms with E-state index in [9.17, 15) is 14.6 Å². The van der Waals surface area contributed by atoms with E-state index >= 15 is 0 Å². The first-order chi connectivity index (χ1) is 8.56. The molecule has 2 aromatic rings. The molecular weight excluding hydrogens is 231 g/mol. The van der Waals surface area contributed by atoms with Crippen LogP contribution >= 0.6 is 0 Å². The molecule has 1 atom stereocenters. The zero-order valence-corrected chi connectivity index (χ0v) is 10.1. The summed E-state index contributed by atoms with van der Waals surface area (Å²) in [6, 6.07) is 11.4. The Hall–Kier alpha value is -1.87. The molecule has 0 saturated heterocycles. The van der Waals surface area contributed by atoms with Crippen LogP contribution in [0.15, 0.2) is 42.5 Å². The van der Waals surface area contributed by atoms with Crippen LogP contribution in [0.4, 0.5) is 4.39 Å². The zero-order chi connectivity index (χ0) is 13.1. The summed E-state index contributed by atoms with van der Waals surface area (Å²) in [5, 5.41) is 19.4. The molecule has 0 saturated carbocycles. The van der Waals surface area contributed by atoms with E-state index in [4.69, 9.17) is 0 Å². The Kier molecular flexibility index (Phi) is 3.63. The summed E-state index contributed by atoms with van der Waals surface area (Å²) in [4.78, 5) is 0. The van der Waals surface area contributed by atoms with Gasteiger partial charge in [-0.1, -0.05) is 24.3 Å². The van der Waals surface area contributed by atoms with Crippen LogP contribution in [0.5, 0.6) is 5.75 Å². The highest BCUT2D eigenvalue weighted by atomic mass is 19.1. The molecule has 0 fully saturated rings. The number of hydrogen-bond acceptors (Lipinski definition) is 2. The molecule has 0 amide bonds. The number of aromatic hydroxyl groups is 1. The van der Waals surface area contributed by atoms with Crippen LogP contribution in [0.3, 0.4) is 0 Å². The first-order valence-electron chi connectivity index (χ1n) is 5.78. The predicted molar refractivity (Wildman–Crippen MR) is 67.9 cm³/mol. The maximum Gasteiger partial charge on any atom is 0.126 e. The number of phenolic OH excluding ortho intramolecular Hbond substituents is 1. The Labute approximate surface area is 105 Å². The monoisotopic (exact) mass is 246 g/mol. The van der Waals surface area contributed by atoms with Gasteiger partial charge >= 0.3 is 0 Å². The topological polar surface area (TPSA) is 40.5 Å². The highest BCUT2D eigenvalue weighted by Crippen LogP contribution is 2.22. The van der Waals surface area contributed by atoms with E-state index in [1.54, 1.807) is 37.3 Å². The van der Waals surface area contributed by atoms with Gasteiger partial charge in [-0.25, -0.2) is 4.39 Å². The fourth-order valence-electron chi connectivity index (χ4n) is 1.84. The molecule has 0 aliphatic rings. The van der Waals surface area contributed by atoms with E-state index < -0.39 is 6.10 Å². The lowest BCUT2D eigenvalue weighted by Gasteiger charge is -2.12. The number of aliphatic hydroxyl groups excluding tert-OH is 1. The third-order valence-electron chi connectivity index (χ3n) is 2.92. The minimum absolute atomic E-state index is 0.162. The molecule has 0 aromatic heterocycles. The summed E-state index contributed by atoms with van der Waals surface area (Å²) < 4.78 is 13.4. The Morgan fingerprint density at radius 1 is 1.17 bits per heavy atom. The van der Waals surface area contributed by atoms with E-state index in [-0.39, 0.29) is 11.6 Å². The molecule has 0 aliphatic carbocycles. The van der Waals surface area contributed by atoms with Gasteiger partial charge in [0.25, 0.3) is 0 Å². The van der Waals surface area contributed by atoms with Crippen molar-refractivity contribution in [1.82, 2.24) is 0 Å². The van der Waals surface area contributed by atoms with Gasteiger partial charge in [0, 0.05) is 6.42 Å². The third-order valence-corrected chi connectivity index (χ3v) is 2.92. The first kappa shape index (κ1) is 12.6. The largest absolute Gasteiger partial charge is 0.508 e. The van der Waals surface area contributed by atoms with Crippen LogP contribution in [-0.2, 0) is 6.42 Å².